The lowest BCUT2D eigenvalue weighted by molar-refractivity contribution is -0.160. The third kappa shape index (κ3) is 6.81. The zero-order chi connectivity index (χ0) is 33.0. The van der Waals surface area contributed by atoms with Crippen molar-refractivity contribution in [2.24, 2.45) is 34.5 Å². The van der Waals surface area contributed by atoms with Gasteiger partial charge in [-0.1, -0.05) is 64.8 Å². The maximum absolute atomic E-state index is 12.5. The molecule has 4 aliphatic rings. The van der Waals surface area contributed by atoms with Crippen molar-refractivity contribution in [1.29, 1.82) is 0 Å². The summed E-state index contributed by atoms with van der Waals surface area (Å²) in [7, 11) is -2.05. The van der Waals surface area contributed by atoms with Gasteiger partial charge in [-0.15, -0.1) is 0 Å². The van der Waals surface area contributed by atoms with Gasteiger partial charge in [0.1, 0.15) is 12.2 Å². The Balaban J connectivity index is 1.58. The number of aliphatic hydroxyl groups is 1. The number of fused-ring (bicyclic) bond motifs is 5. The molecule has 0 aromatic carbocycles. The van der Waals surface area contributed by atoms with Crippen LogP contribution in [0.25, 0.3) is 0 Å². The van der Waals surface area contributed by atoms with E-state index in [0.29, 0.717) is 17.8 Å². The van der Waals surface area contributed by atoms with Gasteiger partial charge in [-0.3, -0.25) is 9.59 Å². The van der Waals surface area contributed by atoms with Crippen LogP contribution in [0, 0.1) is 34.5 Å². The number of carbonyl (C=O) groups excluding carboxylic acids is 2. The van der Waals surface area contributed by atoms with Crippen molar-refractivity contribution in [2.45, 2.75) is 163 Å². The minimum absolute atomic E-state index is 0.0308. The molecule has 44 heavy (non-hydrogen) atoms. The van der Waals surface area contributed by atoms with Crippen molar-refractivity contribution < 1.29 is 28.6 Å². The first-order chi connectivity index (χ1) is 20.1. The van der Waals surface area contributed by atoms with Crippen molar-refractivity contribution in [3.05, 3.63) is 23.3 Å². The molecule has 6 nitrogen and oxygen atoms in total. The van der Waals surface area contributed by atoms with Gasteiger partial charge in [-0.25, -0.2) is 0 Å². The van der Waals surface area contributed by atoms with Gasteiger partial charge in [0.15, 0.2) is 8.32 Å². The van der Waals surface area contributed by atoms with Gasteiger partial charge in [0.2, 0.25) is 0 Å². The molecule has 9 atom stereocenters. The van der Waals surface area contributed by atoms with Crippen LogP contribution < -0.4 is 0 Å². The number of hydrogen-bond acceptors (Lipinski definition) is 6. The summed E-state index contributed by atoms with van der Waals surface area (Å²) in [5, 5.41) is 11.2. The standard InChI is InChI=1S/C37H62O6Si/c1-23(13-18-32(35(7,8)40)43-44(11,12)34(4,5)6)29-16-17-30-28-15-14-26-21-27(41-24(2)38)19-20-36(26,9)33(28)31(42-25(3)39)22-37(29,30)10/h14-15,23,27,29-33,40H,13,16-22H2,1-12H3/t23-,27+,29-,30+,31-,32-,33-,36+,37-/m1/s1. The molecule has 0 spiro atoms. The molecule has 3 fully saturated rings. The molecule has 0 unspecified atom stereocenters. The van der Waals surface area contributed by atoms with E-state index in [4.69, 9.17) is 13.9 Å². The molecule has 0 radical (unpaired) electrons. The Labute approximate surface area is 268 Å². The zero-order valence-corrected chi connectivity index (χ0v) is 30.8. The van der Waals surface area contributed by atoms with Gasteiger partial charge in [0, 0.05) is 26.2 Å². The highest BCUT2D eigenvalue weighted by Crippen LogP contribution is 2.66. The lowest BCUT2D eigenvalue weighted by Gasteiger charge is -2.57. The Morgan fingerprint density at radius 2 is 1.64 bits per heavy atom. The number of allylic oxidation sites excluding steroid dienone is 2. The van der Waals surface area contributed by atoms with Gasteiger partial charge in [0.25, 0.3) is 0 Å². The predicted molar refractivity (Wildman–Crippen MR) is 178 cm³/mol. The summed E-state index contributed by atoms with van der Waals surface area (Å²) in [6, 6.07) is 0. The summed E-state index contributed by atoms with van der Waals surface area (Å²) < 4.78 is 18.7. The molecular formula is C37H62O6Si. The number of hydrogen-bond donors (Lipinski definition) is 1. The molecule has 4 aliphatic carbocycles. The van der Waals surface area contributed by atoms with Crippen molar-refractivity contribution in [3.8, 4) is 0 Å². The molecular weight excluding hydrogens is 568 g/mol. The van der Waals surface area contributed by atoms with E-state index in [9.17, 15) is 14.7 Å². The normalized spacial score (nSPS) is 35.3. The van der Waals surface area contributed by atoms with Crippen molar-refractivity contribution >= 4 is 20.3 Å². The molecule has 0 amide bonds. The first kappa shape index (κ1) is 35.4. The topological polar surface area (TPSA) is 82.1 Å². The molecule has 0 aliphatic heterocycles. The zero-order valence-electron chi connectivity index (χ0n) is 29.8. The molecule has 0 aromatic rings. The predicted octanol–water partition coefficient (Wildman–Crippen LogP) is 8.54. The Morgan fingerprint density at radius 1 is 1.00 bits per heavy atom. The largest absolute Gasteiger partial charge is 0.462 e. The molecule has 0 aromatic heterocycles. The van der Waals surface area contributed by atoms with Gasteiger partial charge in [-0.05, 0) is 106 Å². The van der Waals surface area contributed by atoms with Crippen molar-refractivity contribution in [2.75, 3.05) is 0 Å². The van der Waals surface area contributed by atoms with E-state index in [1.807, 2.05) is 13.8 Å². The van der Waals surface area contributed by atoms with E-state index in [1.54, 1.807) is 6.92 Å². The molecule has 0 heterocycles. The first-order valence-electron chi connectivity index (χ1n) is 17.3. The van der Waals surface area contributed by atoms with Crippen LogP contribution in [0.3, 0.4) is 0 Å². The second-order valence-corrected chi connectivity index (χ2v) is 22.2. The smallest absolute Gasteiger partial charge is 0.302 e. The summed E-state index contributed by atoms with van der Waals surface area (Å²) in [4.78, 5) is 24.2. The number of carbonyl (C=O) groups is 2. The molecule has 4 rings (SSSR count). The average molecular weight is 631 g/mol. The second-order valence-electron chi connectivity index (χ2n) is 17.4. The maximum Gasteiger partial charge on any atom is 0.302 e. The SMILES string of the molecule is CC(=O)O[C@H]1CC[C@@]2(C)C(=CC=C3[C@@H]2[C@H](OC(C)=O)C[C@]2(C)[C@@H]([C@H](C)CC[C@@H](O[Si](C)(C)C(C)(C)C)C(C)(C)O)CC[C@@H]32)C1. The third-order valence-corrected chi connectivity index (χ3v) is 17.3. The van der Waals surface area contributed by atoms with Crippen molar-refractivity contribution in [3.63, 3.8) is 0 Å². The fourth-order valence-electron chi connectivity index (χ4n) is 9.40. The van der Waals surface area contributed by atoms with Crippen LogP contribution in [-0.4, -0.2) is 49.3 Å². The highest BCUT2D eigenvalue weighted by atomic mass is 28.4. The lowest BCUT2D eigenvalue weighted by atomic mass is 9.49. The molecule has 7 heteroatoms. The van der Waals surface area contributed by atoms with Crippen LogP contribution in [0.1, 0.15) is 121 Å². The maximum atomic E-state index is 12.5. The second kappa shape index (κ2) is 12.3. The number of rotatable bonds is 9. The van der Waals surface area contributed by atoms with E-state index >= 15 is 0 Å². The van der Waals surface area contributed by atoms with Gasteiger partial charge >= 0.3 is 11.9 Å². The summed E-state index contributed by atoms with van der Waals surface area (Å²) >= 11 is 0. The Bertz CT molecular complexity index is 1160. The van der Waals surface area contributed by atoms with E-state index < -0.39 is 13.9 Å². The van der Waals surface area contributed by atoms with Gasteiger partial charge in [0.05, 0.1) is 11.7 Å². The molecule has 1 N–H and O–H groups in total. The average Bonchev–Trinajstić information content (AvgIpc) is 3.21. The number of esters is 2. The highest BCUT2D eigenvalue weighted by Gasteiger charge is 2.61. The van der Waals surface area contributed by atoms with E-state index in [0.717, 1.165) is 51.4 Å². The summed E-state index contributed by atoms with van der Waals surface area (Å²) in [6.07, 6.45) is 11.8. The Morgan fingerprint density at radius 3 is 2.20 bits per heavy atom. The molecule has 250 valence electrons. The molecule has 0 saturated heterocycles. The third-order valence-electron chi connectivity index (χ3n) is 12.8. The monoisotopic (exact) mass is 630 g/mol. The summed E-state index contributed by atoms with van der Waals surface area (Å²) in [5.41, 5.74) is 1.81. The van der Waals surface area contributed by atoms with Crippen molar-refractivity contribution in [1.82, 2.24) is 0 Å². The van der Waals surface area contributed by atoms with Crippen LogP contribution in [0.15, 0.2) is 23.3 Å². The van der Waals surface area contributed by atoms with E-state index in [-0.39, 0.29) is 52.0 Å². The van der Waals surface area contributed by atoms with E-state index in [1.165, 1.54) is 18.1 Å². The van der Waals surface area contributed by atoms with Crippen LogP contribution >= 0.6 is 0 Å². The Hall–Kier alpha value is -1.44. The fourth-order valence-corrected chi connectivity index (χ4v) is 10.9. The van der Waals surface area contributed by atoms with Gasteiger partial charge < -0.3 is 19.0 Å². The van der Waals surface area contributed by atoms with Crippen LogP contribution in [0.2, 0.25) is 18.1 Å². The fraction of sp³-hybridized carbons (Fsp3) is 0.838. The summed E-state index contributed by atoms with van der Waals surface area (Å²) in [6.45, 7) is 25.3. The molecule has 0 bridgehead atoms. The van der Waals surface area contributed by atoms with Crippen LogP contribution in [0.5, 0.6) is 0 Å². The highest BCUT2D eigenvalue weighted by molar-refractivity contribution is 6.74. The molecule has 3 saturated carbocycles. The van der Waals surface area contributed by atoms with E-state index in [2.05, 4.69) is 66.8 Å². The summed E-state index contributed by atoms with van der Waals surface area (Å²) in [5.74, 6) is 1.15. The minimum atomic E-state index is -2.05. The van der Waals surface area contributed by atoms with Crippen LogP contribution in [-0.2, 0) is 23.5 Å². The Kier molecular flexibility index (Phi) is 9.90. The van der Waals surface area contributed by atoms with Gasteiger partial charge in [-0.2, -0.15) is 0 Å². The minimum Gasteiger partial charge on any atom is -0.462 e. The first-order valence-corrected chi connectivity index (χ1v) is 20.2. The van der Waals surface area contributed by atoms with Crippen LogP contribution in [0.4, 0.5) is 0 Å². The lowest BCUT2D eigenvalue weighted by Crippen LogP contribution is -2.54. The quantitative estimate of drug-likeness (QED) is 0.203. The number of ether oxygens (including phenoxy) is 2.